The SMILES string of the molecule is C=C(C)c1oc(C(=O)OCC)c(NC)c1C. The number of anilines is 1. The molecule has 0 aromatic carbocycles. The van der Waals surface area contributed by atoms with Gasteiger partial charge in [-0.25, -0.2) is 4.79 Å². The maximum atomic E-state index is 11.6. The van der Waals surface area contributed by atoms with Crippen LogP contribution in [0, 0.1) is 6.92 Å². The number of carbonyl (C=O) groups excluding carboxylic acids is 1. The lowest BCUT2D eigenvalue weighted by molar-refractivity contribution is 0.0491. The first kappa shape index (κ1) is 12.4. The molecule has 1 rings (SSSR count). The van der Waals surface area contributed by atoms with Gasteiger partial charge in [-0.3, -0.25) is 0 Å². The zero-order valence-electron chi connectivity index (χ0n) is 10.1. The monoisotopic (exact) mass is 223 g/mol. The largest absolute Gasteiger partial charge is 0.460 e. The normalized spacial score (nSPS) is 10.0. The van der Waals surface area contributed by atoms with Gasteiger partial charge in [0, 0.05) is 12.6 Å². The highest BCUT2D eigenvalue weighted by molar-refractivity contribution is 5.94. The van der Waals surface area contributed by atoms with Gasteiger partial charge < -0.3 is 14.5 Å². The molecule has 1 heterocycles. The molecule has 0 saturated carbocycles. The van der Waals surface area contributed by atoms with E-state index in [1.165, 1.54) is 0 Å². The first-order valence-corrected chi connectivity index (χ1v) is 5.17. The van der Waals surface area contributed by atoms with Crippen molar-refractivity contribution in [2.45, 2.75) is 20.8 Å². The molecule has 4 heteroatoms. The molecule has 1 aromatic rings. The Morgan fingerprint density at radius 1 is 1.50 bits per heavy atom. The van der Waals surface area contributed by atoms with Gasteiger partial charge in [0.15, 0.2) is 0 Å². The second-order valence-electron chi connectivity index (χ2n) is 3.51. The number of hydrogen-bond acceptors (Lipinski definition) is 4. The highest BCUT2D eigenvalue weighted by atomic mass is 16.5. The molecule has 0 spiro atoms. The van der Waals surface area contributed by atoms with Crippen LogP contribution in [-0.4, -0.2) is 19.6 Å². The van der Waals surface area contributed by atoms with Crippen LogP contribution in [-0.2, 0) is 4.74 Å². The molecule has 1 N–H and O–H groups in total. The van der Waals surface area contributed by atoms with E-state index in [0.717, 1.165) is 11.1 Å². The Bertz CT molecular complexity index is 418. The predicted octanol–water partition coefficient (Wildman–Crippen LogP) is 2.84. The van der Waals surface area contributed by atoms with Crippen LogP contribution in [0.5, 0.6) is 0 Å². The average Bonchev–Trinajstić information content (AvgIpc) is 2.55. The molecule has 0 amide bonds. The van der Waals surface area contributed by atoms with Gasteiger partial charge >= 0.3 is 5.97 Å². The third-order valence-corrected chi connectivity index (χ3v) is 2.25. The van der Waals surface area contributed by atoms with E-state index in [-0.39, 0.29) is 5.76 Å². The summed E-state index contributed by atoms with van der Waals surface area (Å²) in [5, 5.41) is 2.94. The van der Waals surface area contributed by atoms with Gasteiger partial charge in [0.1, 0.15) is 5.76 Å². The van der Waals surface area contributed by atoms with Crippen LogP contribution in [0.1, 0.15) is 35.7 Å². The van der Waals surface area contributed by atoms with Crippen molar-refractivity contribution in [1.82, 2.24) is 0 Å². The van der Waals surface area contributed by atoms with Crippen molar-refractivity contribution < 1.29 is 13.9 Å². The van der Waals surface area contributed by atoms with Gasteiger partial charge in [-0.2, -0.15) is 0 Å². The fourth-order valence-electron chi connectivity index (χ4n) is 1.56. The van der Waals surface area contributed by atoms with Gasteiger partial charge in [0.2, 0.25) is 5.76 Å². The van der Waals surface area contributed by atoms with Crippen LogP contribution in [0.25, 0.3) is 5.57 Å². The summed E-state index contributed by atoms with van der Waals surface area (Å²) < 4.78 is 10.4. The lowest BCUT2D eigenvalue weighted by atomic mass is 10.1. The molecule has 88 valence electrons. The second kappa shape index (κ2) is 4.88. The standard InChI is InChI=1S/C12H17NO3/c1-6-15-12(14)11-9(13-5)8(4)10(16-11)7(2)3/h13H,2,6H2,1,3-5H3. The quantitative estimate of drug-likeness (QED) is 0.797. The fraction of sp³-hybridized carbons (Fsp3) is 0.417. The van der Waals surface area contributed by atoms with Crippen molar-refractivity contribution in [1.29, 1.82) is 0 Å². The lowest BCUT2D eigenvalue weighted by Crippen LogP contribution is -2.06. The van der Waals surface area contributed by atoms with E-state index in [1.54, 1.807) is 14.0 Å². The molecule has 0 saturated heterocycles. The number of furan rings is 1. The summed E-state index contributed by atoms with van der Waals surface area (Å²) in [7, 11) is 1.74. The Morgan fingerprint density at radius 2 is 2.12 bits per heavy atom. The van der Waals surface area contributed by atoms with Gasteiger partial charge in [-0.15, -0.1) is 0 Å². The molecule has 0 radical (unpaired) electrons. The number of nitrogens with one attached hydrogen (secondary N) is 1. The van der Waals surface area contributed by atoms with Gasteiger partial charge in [0.05, 0.1) is 12.3 Å². The first-order chi connectivity index (χ1) is 7.52. The minimum atomic E-state index is -0.456. The Hall–Kier alpha value is -1.71. The van der Waals surface area contributed by atoms with E-state index in [4.69, 9.17) is 9.15 Å². The number of allylic oxidation sites excluding steroid dienone is 1. The highest BCUT2D eigenvalue weighted by Gasteiger charge is 2.23. The molecule has 0 unspecified atom stereocenters. The van der Waals surface area contributed by atoms with Crippen molar-refractivity contribution in [2.75, 3.05) is 19.0 Å². The Balaban J connectivity index is 3.23. The van der Waals surface area contributed by atoms with Gasteiger partial charge in [0.25, 0.3) is 0 Å². The van der Waals surface area contributed by atoms with E-state index in [2.05, 4.69) is 11.9 Å². The summed E-state index contributed by atoms with van der Waals surface area (Å²) in [5.74, 6) is 0.384. The fourth-order valence-corrected chi connectivity index (χ4v) is 1.56. The van der Waals surface area contributed by atoms with Gasteiger partial charge in [-0.05, 0) is 26.3 Å². The van der Waals surface area contributed by atoms with Crippen molar-refractivity contribution >= 4 is 17.2 Å². The highest BCUT2D eigenvalue weighted by Crippen LogP contribution is 2.31. The smallest absolute Gasteiger partial charge is 0.376 e. The molecule has 0 aliphatic rings. The van der Waals surface area contributed by atoms with Crippen molar-refractivity contribution in [3.63, 3.8) is 0 Å². The van der Waals surface area contributed by atoms with E-state index in [1.807, 2.05) is 13.8 Å². The summed E-state index contributed by atoms with van der Waals surface area (Å²) in [6.07, 6.45) is 0. The minimum Gasteiger partial charge on any atom is -0.460 e. The summed E-state index contributed by atoms with van der Waals surface area (Å²) in [4.78, 5) is 11.6. The number of rotatable bonds is 4. The maximum absolute atomic E-state index is 11.6. The van der Waals surface area contributed by atoms with Crippen LogP contribution < -0.4 is 5.32 Å². The van der Waals surface area contributed by atoms with Crippen LogP contribution >= 0.6 is 0 Å². The molecule has 0 atom stereocenters. The van der Waals surface area contributed by atoms with Gasteiger partial charge in [-0.1, -0.05) is 6.58 Å². The van der Waals surface area contributed by atoms with Crippen LogP contribution in [0.3, 0.4) is 0 Å². The first-order valence-electron chi connectivity index (χ1n) is 5.17. The number of hydrogen-bond donors (Lipinski definition) is 1. The molecule has 16 heavy (non-hydrogen) atoms. The third-order valence-electron chi connectivity index (χ3n) is 2.25. The summed E-state index contributed by atoms with van der Waals surface area (Å²) in [6, 6.07) is 0. The number of ether oxygens (including phenoxy) is 1. The van der Waals surface area contributed by atoms with E-state index in [0.29, 0.717) is 18.1 Å². The second-order valence-corrected chi connectivity index (χ2v) is 3.51. The maximum Gasteiger partial charge on any atom is 0.376 e. The number of esters is 1. The molecule has 4 nitrogen and oxygen atoms in total. The summed E-state index contributed by atoms with van der Waals surface area (Å²) >= 11 is 0. The van der Waals surface area contributed by atoms with Crippen LogP contribution in [0.2, 0.25) is 0 Å². The molecule has 0 aliphatic heterocycles. The molecular weight excluding hydrogens is 206 g/mol. The van der Waals surface area contributed by atoms with E-state index < -0.39 is 5.97 Å². The predicted molar refractivity (Wildman–Crippen MR) is 63.7 cm³/mol. The Labute approximate surface area is 95.3 Å². The zero-order chi connectivity index (χ0) is 12.3. The van der Waals surface area contributed by atoms with Crippen molar-refractivity contribution in [2.24, 2.45) is 0 Å². The molecular formula is C12H17NO3. The van der Waals surface area contributed by atoms with Crippen molar-refractivity contribution in [3.05, 3.63) is 23.7 Å². The van der Waals surface area contributed by atoms with E-state index >= 15 is 0 Å². The average molecular weight is 223 g/mol. The Kier molecular flexibility index (Phi) is 3.77. The molecule has 0 fully saturated rings. The molecule has 1 aromatic heterocycles. The zero-order valence-corrected chi connectivity index (χ0v) is 10.1. The third kappa shape index (κ3) is 2.10. The molecule has 0 aliphatic carbocycles. The van der Waals surface area contributed by atoms with Crippen molar-refractivity contribution in [3.8, 4) is 0 Å². The summed E-state index contributed by atoms with van der Waals surface area (Å²) in [6.45, 7) is 9.60. The lowest BCUT2D eigenvalue weighted by Gasteiger charge is -2.01. The van der Waals surface area contributed by atoms with Crippen LogP contribution in [0.4, 0.5) is 5.69 Å². The summed E-state index contributed by atoms with van der Waals surface area (Å²) in [5.41, 5.74) is 2.32. The minimum absolute atomic E-state index is 0.208. The Morgan fingerprint density at radius 3 is 2.56 bits per heavy atom. The number of carbonyl (C=O) groups is 1. The topological polar surface area (TPSA) is 51.5 Å². The molecule has 0 bridgehead atoms. The van der Waals surface area contributed by atoms with Crippen LogP contribution in [0.15, 0.2) is 11.0 Å². The van der Waals surface area contributed by atoms with E-state index in [9.17, 15) is 4.79 Å².